The van der Waals surface area contributed by atoms with Gasteiger partial charge in [0.25, 0.3) is 0 Å². The van der Waals surface area contributed by atoms with E-state index in [1.807, 2.05) is 32.0 Å². The third-order valence-corrected chi connectivity index (χ3v) is 3.58. The fourth-order valence-electron chi connectivity index (χ4n) is 2.37. The molecular formula is C17H23N5O2. The number of carbonyl (C=O) groups is 1. The topological polar surface area (TPSA) is 88.9 Å². The summed E-state index contributed by atoms with van der Waals surface area (Å²) in [7, 11) is 0. The first-order chi connectivity index (χ1) is 11.5. The number of pyridine rings is 1. The van der Waals surface area contributed by atoms with Gasteiger partial charge in [-0.1, -0.05) is 0 Å². The lowest BCUT2D eigenvalue weighted by Crippen LogP contribution is -2.32. The molecule has 0 radical (unpaired) electrons. The van der Waals surface area contributed by atoms with Crippen LogP contribution in [0.3, 0.4) is 0 Å². The van der Waals surface area contributed by atoms with E-state index in [2.05, 4.69) is 20.6 Å². The van der Waals surface area contributed by atoms with Gasteiger partial charge in [-0.15, -0.1) is 0 Å². The quantitative estimate of drug-likeness (QED) is 0.745. The zero-order chi connectivity index (χ0) is 17.5. The second kappa shape index (κ2) is 8.24. The van der Waals surface area contributed by atoms with Gasteiger partial charge in [0.15, 0.2) is 0 Å². The van der Waals surface area contributed by atoms with Crippen LogP contribution in [0.15, 0.2) is 29.2 Å². The Bertz CT molecular complexity index is 770. The van der Waals surface area contributed by atoms with Gasteiger partial charge in [0.1, 0.15) is 5.82 Å². The van der Waals surface area contributed by atoms with E-state index in [1.54, 1.807) is 13.1 Å². The summed E-state index contributed by atoms with van der Waals surface area (Å²) in [4.78, 5) is 31.8. The molecule has 0 spiro atoms. The standard InChI is InChI=1S/C17H23N5O2/c1-12-4-6-18-15(10-12)19-7-8-20-16(23)5-9-22-14(3)11-13(2)21-17(22)24/h4,6,10-11H,5,7-9H2,1-3H3,(H,18,19)(H,20,23). The van der Waals surface area contributed by atoms with Crippen molar-refractivity contribution in [3.63, 3.8) is 0 Å². The number of nitrogens with one attached hydrogen (secondary N) is 2. The minimum atomic E-state index is -0.313. The molecule has 0 atom stereocenters. The van der Waals surface area contributed by atoms with E-state index >= 15 is 0 Å². The van der Waals surface area contributed by atoms with Crippen LogP contribution in [0.1, 0.15) is 23.4 Å². The number of nitrogens with zero attached hydrogens (tertiary/aromatic N) is 3. The van der Waals surface area contributed by atoms with Gasteiger partial charge in [-0.25, -0.2) is 9.78 Å². The Hall–Kier alpha value is -2.70. The van der Waals surface area contributed by atoms with Crippen molar-refractivity contribution in [1.82, 2.24) is 19.9 Å². The number of hydrogen-bond acceptors (Lipinski definition) is 5. The van der Waals surface area contributed by atoms with E-state index in [1.165, 1.54) is 4.57 Å². The highest BCUT2D eigenvalue weighted by atomic mass is 16.2. The molecule has 7 nitrogen and oxygen atoms in total. The predicted octanol–water partition coefficient (Wildman–Crippen LogP) is 1.18. The van der Waals surface area contributed by atoms with Gasteiger partial charge < -0.3 is 10.6 Å². The first-order valence-electron chi connectivity index (χ1n) is 7.94. The van der Waals surface area contributed by atoms with Gasteiger partial charge in [0.2, 0.25) is 5.91 Å². The molecule has 24 heavy (non-hydrogen) atoms. The lowest BCUT2D eigenvalue weighted by Gasteiger charge is -2.10. The van der Waals surface area contributed by atoms with E-state index in [9.17, 15) is 9.59 Å². The van der Waals surface area contributed by atoms with Crippen LogP contribution < -0.4 is 16.3 Å². The summed E-state index contributed by atoms with van der Waals surface area (Å²) in [6, 6.07) is 5.70. The molecule has 0 aromatic carbocycles. The molecule has 2 aromatic rings. The molecule has 2 N–H and O–H groups in total. The maximum Gasteiger partial charge on any atom is 0.347 e. The summed E-state index contributed by atoms with van der Waals surface area (Å²) in [6.07, 6.45) is 1.99. The summed E-state index contributed by atoms with van der Waals surface area (Å²) >= 11 is 0. The Morgan fingerprint density at radius 3 is 2.71 bits per heavy atom. The molecular weight excluding hydrogens is 306 g/mol. The second-order valence-electron chi connectivity index (χ2n) is 5.72. The van der Waals surface area contributed by atoms with Crippen molar-refractivity contribution in [3.8, 4) is 0 Å². The zero-order valence-electron chi connectivity index (χ0n) is 14.3. The van der Waals surface area contributed by atoms with E-state index < -0.39 is 0 Å². The number of carbonyl (C=O) groups excluding carboxylic acids is 1. The highest BCUT2D eigenvalue weighted by Crippen LogP contribution is 2.04. The normalized spacial score (nSPS) is 10.5. The monoisotopic (exact) mass is 329 g/mol. The Morgan fingerprint density at radius 1 is 1.21 bits per heavy atom. The van der Waals surface area contributed by atoms with E-state index in [-0.39, 0.29) is 18.0 Å². The Balaban J connectivity index is 1.73. The van der Waals surface area contributed by atoms with Crippen molar-refractivity contribution in [2.24, 2.45) is 0 Å². The predicted molar refractivity (Wildman–Crippen MR) is 93.1 cm³/mol. The molecule has 0 aliphatic carbocycles. The minimum Gasteiger partial charge on any atom is -0.368 e. The van der Waals surface area contributed by atoms with Gasteiger partial charge in [-0.3, -0.25) is 9.36 Å². The lowest BCUT2D eigenvalue weighted by atomic mass is 10.3. The molecule has 2 aromatic heterocycles. The summed E-state index contributed by atoms with van der Waals surface area (Å²) in [5.74, 6) is 0.693. The Kier molecular flexibility index (Phi) is 6.06. The first kappa shape index (κ1) is 17.7. The first-order valence-corrected chi connectivity index (χ1v) is 7.94. The van der Waals surface area contributed by atoms with Crippen molar-refractivity contribution in [2.45, 2.75) is 33.7 Å². The van der Waals surface area contributed by atoms with Crippen LogP contribution in [-0.4, -0.2) is 33.5 Å². The van der Waals surface area contributed by atoms with Crippen molar-refractivity contribution >= 4 is 11.7 Å². The molecule has 0 aliphatic heterocycles. The number of amides is 1. The molecule has 0 fully saturated rings. The lowest BCUT2D eigenvalue weighted by molar-refractivity contribution is -0.121. The summed E-state index contributed by atoms with van der Waals surface area (Å²) in [6.45, 7) is 7.03. The van der Waals surface area contributed by atoms with Crippen LogP contribution in [0, 0.1) is 20.8 Å². The highest BCUT2D eigenvalue weighted by molar-refractivity contribution is 5.75. The average Bonchev–Trinajstić information content (AvgIpc) is 2.50. The van der Waals surface area contributed by atoms with Gasteiger partial charge in [-0.05, 0) is 44.5 Å². The Labute approximate surface area is 141 Å². The number of aryl methyl sites for hydroxylation is 3. The van der Waals surface area contributed by atoms with Crippen LogP contribution >= 0.6 is 0 Å². The largest absolute Gasteiger partial charge is 0.368 e. The summed E-state index contributed by atoms with van der Waals surface area (Å²) < 4.78 is 1.52. The third-order valence-electron chi connectivity index (χ3n) is 3.58. The van der Waals surface area contributed by atoms with Crippen molar-refractivity contribution < 1.29 is 4.79 Å². The number of hydrogen-bond donors (Lipinski definition) is 2. The smallest absolute Gasteiger partial charge is 0.347 e. The molecule has 0 aliphatic rings. The zero-order valence-corrected chi connectivity index (χ0v) is 14.3. The molecule has 1 amide bonds. The van der Waals surface area contributed by atoms with Crippen LogP contribution in [-0.2, 0) is 11.3 Å². The molecule has 0 bridgehead atoms. The van der Waals surface area contributed by atoms with Crippen molar-refractivity contribution in [3.05, 3.63) is 51.8 Å². The average molecular weight is 329 g/mol. The van der Waals surface area contributed by atoms with E-state index in [0.29, 0.717) is 25.3 Å². The van der Waals surface area contributed by atoms with Gasteiger partial charge in [-0.2, -0.15) is 4.98 Å². The molecule has 0 saturated heterocycles. The fourth-order valence-corrected chi connectivity index (χ4v) is 2.37. The maximum absolute atomic E-state index is 11.9. The summed E-state index contributed by atoms with van der Waals surface area (Å²) in [5, 5.41) is 5.97. The van der Waals surface area contributed by atoms with E-state index in [4.69, 9.17) is 0 Å². The molecule has 2 rings (SSSR count). The number of aromatic nitrogens is 3. The SMILES string of the molecule is Cc1ccnc(NCCNC(=O)CCn2c(C)cc(C)nc2=O)c1. The van der Waals surface area contributed by atoms with Crippen LogP contribution in [0.25, 0.3) is 0 Å². The number of rotatable bonds is 7. The van der Waals surface area contributed by atoms with Gasteiger partial charge >= 0.3 is 5.69 Å². The third kappa shape index (κ3) is 5.19. The highest BCUT2D eigenvalue weighted by Gasteiger charge is 2.06. The minimum absolute atomic E-state index is 0.0964. The van der Waals surface area contributed by atoms with E-state index in [0.717, 1.165) is 17.1 Å². The molecule has 128 valence electrons. The molecule has 0 unspecified atom stereocenters. The van der Waals surface area contributed by atoms with Crippen LogP contribution in [0.5, 0.6) is 0 Å². The van der Waals surface area contributed by atoms with Crippen LogP contribution in [0.4, 0.5) is 5.82 Å². The molecule has 7 heteroatoms. The van der Waals surface area contributed by atoms with Crippen molar-refractivity contribution in [2.75, 3.05) is 18.4 Å². The number of anilines is 1. The Morgan fingerprint density at radius 2 is 2.00 bits per heavy atom. The van der Waals surface area contributed by atoms with Gasteiger partial charge in [0, 0.05) is 43.6 Å². The van der Waals surface area contributed by atoms with Gasteiger partial charge in [0.05, 0.1) is 0 Å². The maximum atomic E-state index is 11.9. The second-order valence-corrected chi connectivity index (χ2v) is 5.72. The molecule has 0 saturated carbocycles. The van der Waals surface area contributed by atoms with Crippen LogP contribution in [0.2, 0.25) is 0 Å². The summed E-state index contributed by atoms with van der Waals surface area (Å²) in [5.41, 5.74) is 2.32. The molecule has 2 heterocycles. The fraction of sp³-hybridized carbons (Fsp3) is 0.412. The van der Waals surface area contributed by atoms with Crippen molar-refractivity contribution in [1.29, 1.82) is 0 Å².